The summed E-state index contributed by atoms with van der Waals surface area (Å²) in [6, 6.07) is 11.0. The van der Waals surface area contributed by atoms with Crippen LogP contribution >= 0.6 is 11.6 Å². The van der Waals surface area contributed by atoms with Crippen molar-refractivity contribution in [3.8, 4) is 11.5 Å². The molecule has 2 aromatic carbocycles. The van der Waals surface area contributed by atoms with Crippen molar-refractivity contribution in [2.45, 2.75) is 41.5 Å². The van der Waals surface area contributed by atoms with Gasteiger partial charge in [-0.15, -0.1) is 0 Å². The smallest absolute Gasteiger partial charge is 0.255 e. The molecule has 1 amide bonds. The fraction of sp³-hybridized carbons (Fsp3) is 0.345. The minimum Gasteiger partial charge on any atom is -0.490 e. The third-order valence-corrected chi connectivity index (χ3v) is 6.50. The lowest BCUT2D eigenvalue weighted by molar-refractivity contribution is -0.112. The van der Waals surface area contributed by atoms with Crippen LogP contribution < -0.4 is 19.7 Å². The Bertz CT molecular complexity index is 1280. The lowest BCUT2D eigenvalue weighted by atomic mass is 10.0. The number of benzene rings is 2. The highest BCUT2D eigenvalue weighted by molar-refractivity contribution is 6.49. The number of carbonyl (C=O) groups excluding carboxylic acids is 2. The van der Waals surface area contributed by atoms with Gasteiger partial charge in [0.25, 0.3) is 5.91 Å². The molecule has 3 rings (SSSR count). The minimum atomic E-state index is -0.466. The average Bonchev–Trinajstić information content (AvgIpc) is 2.88. The molecule has 0 saturated carbocycles. The number of nitrogens with zero attached hydrogens (tertiary/aromatic N) is 2. The number of amides is 1. The molecule has 1 aliphatic carbocycles. The standard InChI is InChI=1S/C29H34ClN3O4/c1-7-33(8-2)21-12-13-22(18(5)15-21)31-23-17-24(28(34)27(30)19(23)6)32-29(35)20-11-14-25(36-9-3)26(16-20)37-10-4/h11-17H,7-10H2,1-6H3,(H,32,35). The van der Waals surface area contributed by atoms with Crippen LogP contribution in [0, 0.1) is 6.92 Å². The largest absolute Gasteiger partial charge is 0.490 e. The van der Waals surface area contributed by atoms with Crippen molar-refractivity contribution < 1.29 is 19.1 Å². The Hall–Kier alpha value is -3.58. The Morgan fingerprint density at radius 3 is 2.27 bits per heavy atom. The highest BCUT2D eigenvalue weighted by Gasteiger charge is 2.26. The first-order valence-corrected chi connectivity index (χ1v) is 12.9. The Morgan fingerprint density at radius 1 is 0.973 bits per heavy atom. The van der Waals surface area contributed by atoms with E-state index in [2.05, 4.69) is 30.1 Å². The Labute approximate surface area is 223 Å². The van der Waals surface area contributed by atoms with Crippen LogP contribution in [0.25, 0.3) is 0 Å². The third-order valence-electron chi connectivity index (χ3n) is 6.04. The van der Waals surface area contributed by atoms with Crippen molar-refractivity contribution in [2.75, 3.05) is 31.2 Å². The van der Waals surface area contributed by atoms with E-state index >= 15 is 0 Å². The van der Waals surface area contributed by atoms with Gasteiger partial charge in [0.2, 0.25) is 5.78 Å². The molecule has 0 heterocycles. The zero-order valence-electron chi connectivity index (χ0n) is 22.3. The number of carbonyl (C=O) groups is 2. The Morgan fingerprint density at radius 2 is 1.65 bits per heavy atom. The molecule has 2 aromatic rings. The highest BCUT2D eigenvalue weighted by Crippen LogP contribution is 2.30. The van der Waals surface area contributed by atoms with E-state index in [-0.39, 0.29) is 10.7 Å². The summed E-state index contributed by atoms with van der Waals surface area (Å²) in [6.45, 7) is 14.4. The second-order valence-corrected chi connectivity index (χ2v) is 8.83. The number of Topliss-reactive ketones (excluding diaryl/α,β-unsaturated/α-hetero) is 1. The van der Waals surface area contributed by atoms with E-state index in [1.807, 2.05) is 32.9 Å². The van der Waals surface area contributed by atoms with Crippen molar-refractivity contribution in [1.82, 2.24) is 5.32 Å². The highest BCUT2D eigenvalue weighted by atomic mass is 35.5. The van der Waals surface area contributed by atoms with Crippen LogP contribution in [-0.2, 0) is 4.79 Å². The summed E-state index contributed by atoms with van der Waals surface area (Å²) < 4.78 is 11.2. The molecule has 0 aromatic heterocycles. The fourth-order valence-corrected chi connectivity index (χ4v) is 4.19. The maximum absolute atomic E-state index is 13.0. The Balaban J connectivity index is 1.92. The van der Waals surface area contributed by atoms with Gasteiger partial charge < -0.3 is 19.7 Å². The number of aryl methyl sites for hydroxylation is 1. The molecular formula is C29H34ClN3O4. The number of aliphatic imine (C=N–C) groups is 1. The first-order chi connectivity index (χ1) is 17.7. The molecule has 0 fully saturated rings. The molecule has 0 atom stereocenters. The van der Waals surface area contributed by atoms with Crippen molar-refractivity contribution in [1.29, 1.82) is 0 Å². The molecular weight excluding hydrogens is 490 g/mol. The van der Waals surface area contributed by atoms with E-state index in [1.165, 1.54) is 0 Å². The zero-order valence-corrected chi connectivity index (χ0v) is 23.0. The summed E-state index contributed by atoms with van der Waals surface area (Å²) in [5.74, 6) is 0.0793. The van der Waals surface area contributed by atoms with Crippen LogP contribution in [-0.4, -0.2) is 43.7 Å². The molecule has 0 saturated heterocycles. The summed E-state index contributed by atoms with van der Waals surface area (Å²) in [6.07, 6.45) is 1.57. The molecule has 0 spiro atoms. The summed E-state index contributed by atoms with van der Waals surface area (Å²) in [4.78, 5) is 33.0. The second-order valence-electron chi connectivity index (χ2n) is 8.45. The first kappa shape index (κ1) is 28.0. The molecule has 0 aliphatic heterocycles. The predicted octanol–water partition coefficient (Wildman–Crippen LogP) is 6.12. The number of hydrogen-bond acceptors (Lipinski definition) is 6. The summed E-state index contributed by atoms with van der Waals surface area (Å²) in [5, 5.41) is 2.72. The maximum Gasteiger partial charge on any atom is 0.255 e. The van der Waals surface area contributed by atoms with Crippen LogP contribution in [0.5, 0.6) is 11.5 Å². The molecule has 0 radical (unpaired) electrons. The van der Waals surface area contributed by atoms with E-state index in [9.17, 15) is 9.59 Å². The van der Waals surface area contributed by atoms with Crippen LogP contribution in [0.1, 0.15) is 50.5 Å². The lowest BCUT2D eigenvalue weighted by Gasteiger charge is -2.22. The fourth-order valence-electron chi connectivity index (χ4n) is 3.99. The zero-order chi connectivity index (χ0) is 27.1. The minimum absolute atomic E-state index is 0.0238. The van der Waals surface area contributed by atoms with Gasteiger partial charge >= 0.3 is 0 Å². The number of ether oxygens (including phenoxy) is 2. The monoisotopic (exact) mass is 523 g/mol. The van der Waals surface area contributed by atoms with Crippen LogP contribution in [0.3, 0.4) is 0 Å². The number of hydrogen-bond donors (Lipinski definition) is 1. The van der Waals surface area contributed by atoms with Crippen molar-refractivity contribution in [2.24, 2.45) is 4.99 Å². The maximum atomic E-state index is 13.0. The van der Waals surface area contributed by atoms with E-state index in [0.29, 0.717) is 41.6 Å². The van der Waals surface area contributed by atoms with E-state index in [1.54, 1.807) is 31.2 Å². The number of ketones is 1. The quantitative estimate of drug-likeness (QED) is 0.379. The molecule has 7 nitrogen and oxygen atoms in total. The number of allylic oxidation sites excluding steroid dienone is 3. The predicted molar refractivity (Wildman–Crippen MR) is 150 cm³/mol. The van der Waals surface area contributed by atoms with Crippen LogP contribution in [0.4, 0.5) is 11.4 Å². The first-order valence-electron chi connectivity index (χ1n) is 12.5. The van der Waals surface area contributed by atoms with Gasteiger partial charge in [0.1, 0.15) is 0 Å². The lowest BCUT2D eigenvalue weighted by Crippen LogP contribution is -2.31. The van der Waals surface area contributed by atoms with Gasteiger partial charge in [0.15, 0.2) is 11.5 Å². The average molecular weight is 524 g/mol. The van der Waals surface area contributed by atoms with Gasteiger partial charge in [-0.2, -0.15) is 0 Å². The van der Waals surface area contributed by atoms with Gasteiger partial charge in [-0.1, -0.05) is 11.6 Å². The number of halogens is 1. The van der Waals surface area contributed by atoms with E-state index in [0.717, 1.165) is 30.0 Å². The SMILES string of the molecule is CCOc1ccc(C(=O)NC2=CC(=Nc3ccc(N(CC)CC)cc3C)C(C)=C(Cl)C2=O)cc1OCC. The van der Waals surface area contributed by atoms with Gasteiger partial charge in [-0.25, -0.2) is 4.99 Å². The molecule has 8 heteroatoms. The molecule has 0 bridgehead atoms. The third kappa shape index (κ3) is 6.41. The number of rotatable bonds is 10. The second kappa shape index (κ2) is 12.6. The van der Waals surface area contributed by atoms with E-state index in [4.69, 9.17) is 26.1 Å². The normalized spacial score (nSPS) is 14.5. The summed E-state index contributed by atoms with van der Waals surface area (Å²) in [5.41, 5.74) is 4.33. The molecule has 0 unspecified atom stereocenters. The van der Waals surface area contributed by atoms with E-state index < -0.39 is 11.7 Å². The van der Waals surface area contributed by atoms with Gasteiger partial charge in [0, 0.05) is 24.3 Å². The molecule has 1 aliphatic rings. The Kier molecular flexibility index (Phi) is 9.53. The molecule has 196 valence electrons. The van der Waals surface area contributed by atoms with Crippen LogP contribution in [0.2, 0.25) is 0 Å². The summed E-state index contributed by atoms with van der Waals surface area (Å²) >= 11 is 6.38. The van der Waals surface area contributed by atoms with Crippen molar-refractivity contribution >= 4 is 40.4 Å². The van der Waals surface area contributed by atoms with Crippen molar-refractivity contribution in [3.05, 3.63) is 69.9 Å². The van der Waals surface area contributed by atoms with Crippen LogP contribution in [0.15, 0.2) is 63.8 Å². The van der Waals surface area contributed by atoms with Gasteiger partial charge in [-0.3, -0.25) is 9.59 Å². The van der Waals surface area contributed by atoms with Gasteiger partial charge in [-0.05, 0) is 95.2 Å². The summed E-state index contributed by atoms with van der Waals surface area (Å²) in [7, 11) is 0. The molecule has 37 heavy (non-hydrogen) atoms. The van der Waals surface area contributed by atoms with Gasteiger partial charge in [0.05, 0.1) is 35.3 Å². The molecule has 1 N–H and O–H groups in total. The number of nitrogens with one attached hydrogen (secondary N) is 1. The topological polar surface area (TPSA) is 80.2 Å². The van der Waals surface area contributed by atoms with Crippen molar-refractivity contribution in [3.63, 3.8) is 0 Å². The number of anilines is 1.